The quantitative estimate of drug-likeness (QED) is 0.0497. The van der Waals surface area contributed by atoms with Crippen LogP contribution in [0.15, 0.2) is 48.5 Å². The van der Waals surface area contributed by atoms with E-state index < -0.39 is 16.6 Å². The van der Waals surface area contributed by atoms with Gasteiger partial charge >= 0.3 is 11.7 Å². The monoisotopic (exact) mass is 966 g/mol. The van der Waals surface area contributed by atoms with E-state index in [1.165, 1.54) is 54.8 Å². The second kappa shape index (κ2) is 25.1. The number of ether oxygens (including phenoxy) is 3. The smallest absolute Gasteiger partial charge is 0.353 e. The molecule has 2 unspecified atom stereocenters. The van der Waals surface area contributed by atoms with E-state index in [1.54, 1.807) is 6.92 Å². The maximum atomic E-state index is 12.5. The van der Waals surface area contributed by atoms with Gasteiger partial charge in [0.2, 0.25) is 23.5 Å². The number of ketones is 1. The molecule has 0 spiro atoms. The van der Waals surface area contributed by atoms with Crippen molar-refractivity contribution in [1.82, 2.24) is 29.7 Å². The van der Waals surface area contributed by atoms with Crippen LogP contribution >= 0.6 is 0 Å². The molecular weight excluding hydrogens is 895 g/mol. The third kappa shape index (κ3) is 14.2. The molecule has 0 saturated carbocycles. The van der Waals surface area contributed by atoms with Crippen LogP contribution in [0, 0.1) is 10.1 Å². The molecule has 0 aliphatic carbocycles. The SMILES string of the molecule is C.CCOC(=O)CN(Cc1cccc(CN2CCCC2)c1)c1nc(NCC2CCCO2)nc(N)c1[N+](=O)[O-].Nc1nc(NCC2CCCO2)nc2c1CC(=O)CN2Cc1cccc(CN2CCCC2)c1. The Kier molecular flexibility index (Phi) is 18.5. The number of likely N-dealkylation sites (tertiary alicyclic amines) is 2. The Balaban J connectivity index is 0.000000205. The number of benzene rings is 2. The lowest BCUT2D eigenvalue weighted by Crippen LogP contribution is -2.37. The number of rotatable bonds is 19. The van der Waals surface area contributed by atoms with Crippen molar-refractivity contribution in [3.8, 4) is 0 Å². The summed E-state index contributed by atoms with van der Waals surface area (Å²) in [7, 11) is 0. The summed E-state index contributed by atoms with van der Waals surface area (Å²) in [5.74, 6) is 1.09. The Morgan fingerprint density at radius 3 is 1.90 bits per heavy atom. The van der Waals surface area contributed by atoms with Crippen molar-refractivity contribution in [1.29, 1.82) is 0 Å². The highest BCUT2D eigenvalue weighted by Gasteiger charge is 2.31. The Morgan fingerprint density at radius 1 is 0.800 bits per heavy atom. The number of nitrogens with zero attached hydrogens (tertiary/aromatic N) is 9. The van der Waals surface area contributed by atoms with Crippen LogP contribution in [0.4, 0.5) is 40.9 Å². The van der Waals surface area contributed by atoms with Gasteiger partial charge in [-0.05, 0) is 107 Å². The molecule has 5 aliphatic heterocycles. The van der Waals surface area contributed by atoms with Gasteiger partial charge in [-0.25, -0.2) is 0 Å². The predicted molar refractivity (Wildman–Crippen MR) is 271 cm³/mol. The standard InChI is InChI=1S/C25H35N7O5.C24H32N6O2.CH4/c1-2-36-21(33)17-31(16-19-8-5-7-18(13-19)15-30-10-3-4-11-30)24-22(32(34)35)23(26)28-25(29-24)27-14-20-9-6-12-37-20;25-22-21-12-19(31)16-30(23(21)28-24(27-22)26-13-20-7-4-10-32-20)15-18-6-3-5-17(11-18)14-29-8-1-2-9-29;/h5,7-8,13,20H,2-4,6,9-12,14-17H2,1H3,(H3,26,27,28,29);3,5-6,11,20H,1-2,4,7-10,12-16H2,(H3,25,26,27,28);1H4. The minimum absolute atomic E-state index is 0. The van der Waals surface area contributed by atoms with Gasteiger partial charge in [-0.1, -0.05) is 56.0 Å². The lowest BCUT2D eigenvalue weighted by Gasteiger charge is -2.30. The molecule has 5 aliphatic rings. The Hall–Kier alpha value is -6.22. The molecule has 70 heavy (non-hydrogen) atoms. The molecule has 2 aromatic carbocycles. The fraction of sp³-hybridized carbons (Fsp3) is 0.560. The topological polar surface area (TPSA) is 246 Å². The molecule has 9 rings (SSSR count). The summed E-state index contributed by atoms with van der Waals surface area (Å²) in [5, 5.41) is 18.4. The predicted octanol–water partition coefficient (Wildman–Crippen LogP) is 5.74. The van der Waals surface area contributed by atoms with Gasteiger partial charge in [-0.3, -0.25) is 29.5 Å². The number of hydrogen-bond donors (Lipinski definition) is 4. The van der Waals surface area contributed by atoms with Crippen LogP contribution in [0.3, 0.4) is 0 Å². The molecular formula is C50H71N13O7. The van der Waals surface area contributed by atoms with Crippen molar-refractivity contribution in [3.05, 3.63) is 86.5 Å². The number of aromatic nitrogens is 4. The van der Waals surface area contributed by atoms with Gasteiger partial charge in [0.1, 0.15) is 18.2 Å². The molecule has 0 radical (unpaired) electrons. The molecule has 20 nitrogen and oxygen atoms in total. The maximum absolute atomic E-state index is 12.5. The first kappa shape index (κ1) is 51.6. The van der Waals surface area contributed by atoms with Gasteiger partial charge in [0.15, 0.2) is 5.78 Å². The van der Waals surface area contributed by atoms with Crippen LogP contribution in [0.2, 0.25) is 0 Å². The van der Waals surface area contributed by atoms with Gasteiger partial charge in [0.25, 0.3) is 0 Å². The van der Waals surface area contributed by atoms with Crippen molar-refractivity contribution < 1.29 is 28.7 Å². The lowest BCUT2D eigenvalue weighted by atomic mass is 10.0. The number of nitrogens with two attached hydrogens (primary N) is 2. The van der Waals surface area contributed by atoms with Crippen LogP contribution < -0.4 is 31.9 Å². The zero-order chi connectivity index (χ0) is 48.1. The Bertz CT molecular complexity index is 2380. The van der Waals surface area contributed by atoms with Crippen molar-refractivity contribution in [2.75, 3.05) is 104 Å². The van der Waals surface area contributed by atoms with Gasteiger partial charge in [0.05, 0.1) is 30.3 Å². The largest absolute Gasteiger partial charge is 0.465 e. The summed E-state index contributed by atoms with van der Waals surface area (Å²) in [6.07, 6.45) is 9.49. The normalized spacial score (nSPS) is 19.0. The van der Waals surface area contributed by atoms with Crippen molar-refractivity contribution in [3.63, 3.8) is 0 Å². The van der Waals surface area contributed by atoms with E-state index in [1.807, 2.05) is 17.0 Å². The van der Waals surface area contributed by atoms with Crippen LogP contribution in [-0.2, 0) is 56.4 Å². The second-order valence-corrected chi connectivity index (χ2v) is 18.5. The van der Waals surface area contributed by atoms with Crippen molar-refractivity contribution in [2.24, 2.45) is 0 Å². The summed E-state index contributed by atoms with van der Waals surface area (Å²) in [6.45, 7) is 11.8. The molecule has 2 atom stereocenters. The van der Waals surface area contributed by atoms with E-state index in [9.17, 15) is 19.7 Å². The molecule has 2 aromatic heterocycles. The third-order valence-corrected chi connectivity index (χ3v) is 13.0. The van der Waals surface area contributed by atoms with Gasteiger partial charge in [0, 0.05) is 64.5 Å². The van der Waals surface area contributed by atoms with Crippen LogP contribution in [-0.4, -0.2) is 131 Å². The first-order valence-corrected chi connectivity index (χ1v) is 24.5. The summed E-state index contributed by atoms with van der Waals surface area (Å²) in [6, 6.07) is 16.7. The van der Waals surface area contributed by atoms with Crippen LogP contribution in [0.25, 0.3) is 0 Å². The van der Waals surface area contributed by atoms with Gasteiger partial charge < -0.3 is 46.1 Å². The van der Waals surface area contributed by atoms with Crippen molar-refractivity contribution >= 4 is 52.6 Å². The number of nitro groups is 1. The second-order valence-electron chi connectivity index (χ2n) is 18.5. The van der Waals surface area contributed by atoms with E-state index in [0.717, 1.165) is 81.0 Å². The highest BCUT2D eigenvalue weighted by Crippen LogP contribution is 2.34. The van der Waals surface area contributed by atoms with E-state index in [4.69, 9.17) is 30.7 Å². The Labute approximate surface area is 411 Å². The fourth-order valence-corrected chi connectivity index (χ4v) is 9.69. The maximum Gasteiger partial charge on any atom is 0.353 e. The number of hydrogen-bond acceptors (Lipinski definition) is 19. The van der Waals surface area contributed by atoms with E-state index in [2.05, 4.69) is 71.8 Å². The molecule has 378 valence electrons. The Morgan fingerprint density at radius 2 is 1.34 bits per heavy atom. The minimum atomic E-state index is -0.615. The molecule has 0 amide bonds. The van der Waals surface area contributed by atoms with Crippen LogP contribution in [0.5, 0.6) is 0 Å². The van der Waals surface area contributed by atoms with E-state index >= 15 is 0 Å². The molecule has 6 N–H and O–H groups in total. The van der Waals surface area contributed by atoms with E-state index in [-0.39, 0.29) is 62.7 Å². The van der Waals surface area contributed by atoms with E-state index in [0.29, 0.717) is 51.0 Å². The number of esters is 1. The zero-order valence-electron chi connectivity index (χ0n) is 39.8. The average molecular weight is 966 g/mol. The number of anilines is 6. The zero-order valence-corrected chi connectivity index (χ0v) is 39.8. The van der Waals surface area contributed by atoms with Gasteiger partial charge in [-0.2, -0.15) is 19.9 Å². The first-order valence-electron chi connectivity index (χ1n) is 24.5. The third-order valence-electron chi connectivity index (χ3n) is 13.0. The highest BCUT2D eigenvalue weighted by atomic mass is 16.6. The molecule has 7 heterocycles. The fourth-order valence-electron chi connectivity index (χ4n) is 9.69. The number of carbonyl (C=O) groups excluding carboxylic acids is 2. The highest BCUT2D eigenvalue weighted by molar-refractivity contribution is 5.91. The molecule has 0 bridgehead atoms. The number of nitrogens with one attached hydrogen (secondary N) is 2. The number of fused-ring (bicyclic) bond motifs is 1. The molecule has 4 fully saturated rings. The first-order chi connectivity index (χ1) is 33.6. The summed E-state index contributed by atoms with van der Waals surface area (Å²) < 4.78 is 16.5. The summed E-state index contributed by atoms with van der Waals surface area (Å²) in [4.78, 5) is 62.5. The molecule has 20 heteroatoms. The van der Waals surface area contributed by atoms with Crippen molar-refractivity contribution in [2.45, 2.75) is 111 Å². The van der Waals surface area contributed by atoms with Crippen LogP contribution in [0.1, 0.15) is 93.5 Å². The minimum Gasteiger partial charge on any atom is -0.465 e. The lowest BCUT2D eigenvalue weighted by molar-refractivity contribution is -0.383. The van der Waals surface area contributed by atoms with Gasteiger partial charge in [-0.15, -0.1) is 0 Å². The summed E-state index contributed by atoms with van der Waals surface area (Å²) in [5.41, 5.74) is 17.1. The summed E-state index contributed by atoms with van der Waals surface area (Å²) >= 11 is 0. The average Bonchev–Trinajstić information content (AvgIpc) is 4.19. The number of carbonyl (C=O) groups is 2. The molecule has 4 saturated heterocycles. The number of nitrogen functional groups attached to an aromatic ring is 2. The molecule has 4 aromatic rings. The number of Topliss-reactive ketones (excluding diaryl/α,β-unsaturated/α-hetero) is 1.